The Kier molecular flexibility index (Phi) is 4.94. The fourth-order valence-corrected chi connectivity index (χ4v) is 2.02. The van der Waals surface area contributed by atoms with Crippen molar-refractivity contribution in [3.05, 3.63) is 36.1 Å². The Morgan fingerprint density at radius 2 is 1.95 bits per heavy atom. The third-order valence-electron chi connectivity index (χ3n) is 3.19. The van der Waals surface area contributed by atoms with Gasteiger partial charge >= 0.3 is 0 Å². The molecule has 1 atom stereocenters. The Morgan fingerprint density at radius 3 is 2.67 bits per heavy atom. The molecule has 2 aromatic rings. The molecule has 0 aliphatic carbocycles. The third-order valence-corrected chi connectivity index (χ3v) is 3.19. The number of hydrogen-bond donors (Lipinski definition) is 3. The summed E-state index contributed by atoms with van der Waals surface area (Å²) in [5.41, 5.74) is 0.805. The summed E-state index contributed by atoms with van der Waals surface area (Å²) in [6.07, 6.45) is 0. The number of amides is 2. The van der Waals surface area contributed by atoms with Gasteiger partial charge in [-0.25, -0.2) is 0 Å². The van der Waals surface area contributed by atoms with Crippen LogP contribution in [-0.4, -0.2) is 32.0 Å². The first-order valence-electron chi connectivity index (χ1n) is 6.90. The highest BCUT2D eigenvalue weighted by atomic mass is 16.3. The van der Waals surface area contributed by atoms with E-state index in [1.54, 1.807) is 12.4 Å². The van der Waals surface area contributed by atoms with Gasteiger partial charge in [-0.2, -0.15) is 0 Å². The van der Waals surface area contributed by atoms with E-state index in [9.17, 15) is 9.59 Å². The molecule has 21 heavy (non-hydrogen) atoms. The molecule has 112 valence electrons. The van der Waals surface area contributed by atoms with E-state index in [1.807, 2.05) is 37.3 Å². The van der Waals surface area contributed by atoms with Gasteiger partial charge in [0.05, 0.1) is 6.04 Å². The van der Waals surface area contributed by atoms with Gasteiger partial charge in [0.2, 0.25) is 0 Å². The monoisotopic (exact) mass is 290 g/mol. The summed E-state index contributed by atoms with van der Waals surface area (Å²) in [5.74, 6) is 0.482. The number of nitrogens with two attached hydrogens (primary N) is 1. The fourth-order valence-electron chi connectivity index (χ4n) is 2.02. The molecule has 6 heteroatoms. The Morgan fingerprint density at radius 1 is 1.24 bits per heavy atom. The second-order valence-corrected chi connectivity index (χ2v) is 4.85. The van der Waals surface area contributed by atoms with E-state index in [-0.39, 0.29) is 30.9 Å². The average Bonchev–Trinajstić information content (AvgIpc) is 2.91. The first kappa shape index (κ1) is 15.1. The minimum atomic E-state index is -0.210. The number of para-hydroxylation sites is 1. The molecule has 0 radical (unpaired) electrons. The van der Waals surface area contributed by atoms with Crippen LogP contribution in [0.5, 0.6) is 0 Å². The van der Waals surface area contributed by atoms with Gasteiger partial charge in [0, 0.05) is 12.4 Å². The van der Waals surface area contributed by atoms with Crippen LogP contribution in [0, 0.1) is 0 Å². The van der Waals surface area contributed by atoms with E-state index in [0.717, 1.165) is 16.7 Å². The second-order valence-electron chi connectivity index (χ2n) is 4.85. The van der Waals surface area contributed by atoms with Crippen LogP contribution in [0.15, 0.2) is 34.7 Å². The van der Waals surface area contributed by atoms with E-state index in [1.165, 1.54) is 0 Å². The normalized spacial score (nSPS) is 12.1. The molecule has 0 spiro atoms. The maximum absolute atomic E-state index is 11.8. The van der Waals surface area contributed by atoms with Gasteiger partial charge in [0.15, 0.2) is 13.1 Å². The molecular weight excluding hydrogens is 270 g/mol. The van der Waals surface area contributed by atoms with Crippen LogP contribution in [0.1, 0.15) is 18.7 Å². The molecule has 0 unspecified atom stereocenters. The minimum absolute atomic E-state index is 0.104. The SMILES string of the molecule is CNC(=O)C[NH2+]CC(=O)N[C@@H](C)c1cc2ccccc2o1. The van der Waals surface area contributed by atoms with Crippen LogP contribution in [0.3, 0.4) is 0 Å². The Labute approximate surface area is 122 Å². The van der Waals surface area contributed by atoms with Crippen molar-refractivity contribution >= 4 is 22.8 Å². The Bertz CT molecular complexity index is 603. The van der Waals surface area contributed by atoms with Crippen LogP contribution < -0.4 is 16.0 Å². The number of likely N-dealkylation sites (N-methyl/N-ethyl adjacent to an activating group) is 1. The van der Waals surface area contributed by atoms with Crippen molar-refractivity contribution in [1.29, 1.82) is 0 Å². The summed E-state index contributed by atoms with van der Waals surface area (Å²) in [4.78, 5) is 22.8. The quantitative estimate of drug-likeness (QED) is 0.695. The molecule has 4 N–H and O–H groups in total. The van der Waals surface area contributed by atoms with Gasteiger partial charge in [-0.3, -0.25) is 9.59 Å². The van der Waals surface area contributed by atoms with Crippen LogP contribution in [0.2, 0.25) is 0 Å². The van der Waals surface area contributed by atoms with Crippen molar-refractivity contribution in [3.8, 4) is 0 Å². The zero-order valence-corrected chi connectivity index (χ0v) is 12.2. The van der Waals surface area contributed by atoms with Crippen molar-refractivity contribution in [1.82, 2.24) is 10.6 Å². The van der Waals surface area contributed by atoms with E-state index in [0.29, 0.717) is 0 Å². The standard InChI is InChI=1S/C15H19N3O3/c1-10(18-15(20)9-17-8-14(19)16-2)13-7-11-5-3-4-6-12(11)21-13/h3-7,10,17H,8-9H2,1-2H3,(H,16,19)(H,18,20)/p+1/t10-/m0/s1. The van der Waals surface area contributed by atoms with Crippen molar-refractivity contribution < 1.29 is 19.3 Å². The second kappa shape index (κ2) is 6.90. The van der Waals surface area contributed by atoms with Crippen molar-refractivity contribution in [2.45, 2.75) is 13.0 Å². The summed E-state index contributed by atoms with van der Waals surface area (Å²) in [5, 5.41) is 8.02. The zero-order valence-electron chi connectivity index (χ0n) is 12.2. The van der Waals surface area contributed by atoms with Gasteiger partial charge in [0.25, 0.3) is 11.8 Å². The van der Waals surface area contributed by atoms with Crippen LogP contribution in [-0.2, 0) is 9.59 Å². The van der Waals surface area contributed by atoms with E-state index < -0.39 is 0 Å². The molecule has 1 heterocycles. The van der Waals surface area contributed by atoms with Crippen molar-refractivity contribution in [2.24, 2.45) is 0 Å². The van der Waals surface area contributed by atoms with Gasteiger partial charge in [-0.05, 0) is 19.1 Å². The van der Waals surface area contributed by atoms with Crippen LogP contribution in [0.4, 0.5) is 0 Å². The molecule has 1 aromatic carbocycles. The van der Waals surface area contributed by atoms with Gasteiger partial charge in [0.1, 0.15) is 11.3 Å². The third kappa shape index (κ3) is 4.06. The number of nitrogens with one attached hydrogen (secondary N) is 2. The fraction of sp³-hybridized carbons (Fsp3) is 0.333. The summed E-state index contributed by atoms with van der Waals surface area (Å²) >= 11 is 0. The molecular formula is C15H20N3O3+. The number of carbonyl (C=O) groups excluding carboxylic acids is 2. The molecule has 0 bridgehead atoms. The summed E-state index contributed by atoms with van der Waals surface area (Å²) in [7, 11) is 1.57. The Hall–Kier alpha value is -2.34. The number of furan rings is 1. The maximum Gasteiger partial charge on any atom is 0.275 e. The van der Waals surface area contributed by atoms with Gasteiger partial charge < -0.3 is 20.4 Å². The molecule has 2 amide bonds. The lowest BCUT2D eigenvalue weighted by molar-refractivity contribution is -0.633. The molecule has 6 nitrogen and oxygen atoms in total. The van der Waals surface area contributed by atoms with Crippen LogP contribution in [0.25, 0.3) is 11.0 Å². The van der Waals surface area contributed by atoms with E-state index in [2.05, 4.69) is 10.6 Å². The molecule has 1 aromatic heterocycles. The lowest BCUT2D eigenvalue weighted by atomic mass is 10.2. The van der Waals surface area contributed by atoms with Gasteiger partial charge in [-0.15, -0.1) is 0 Å². The Balaban J connectivity index is 1.87. The van der Waals surface area contributed by atoms with Crippen LogP contribution >= 0.6 is 0 Å². The first-order chi connectivity index (χ1) is 10.1. The topological polar surface area (TPSA) is 88.0 Å². The number of fused-ring (bicyclic) bond motifs is 1. The van der Waals surface area contributed by atoms with Crippen molar-refractivity contribution in [2.75, 3.05) is 20.1 Å². The molecule has 0 aliphatic heterocycles. The number of benzene rings is 1. The summed E-state index contributed by atoms with van der Waals surface area (Å²) in [6.45, 7) is 2.31. The molecule has 0 saturated carbocycles. The predicted octanol–water partition coefficient (Wildman–Crippen LogP) is -0.0806. The zero-order chi connectivity index (χ0) is 15.2. The predicted molar refractivity (Wildman–Crippen MR) is 78.5 cm³/mol. The first-order valence-corrected chi connectivity index (χ1v) is 6.90. The van der Waals surface area contributed by atoms with E-state index >= 15 is 0 Å². The molecule has 0 fully saturated rings. The highest BCUT2D eigenvalue weighted by Gasteiger charge is 2.15. The number of rotatable bonds is 6. The summed E-state index contributed by atoms with van der Waals surface area (Å²) < 4.78 is 5.70. The number of carbonyl (C=O) groups is 2. The van der Waals surface area contributed by atoms with Gasteiger partial charge in [-0.1, -0.05) is 18.2 Å². The number of hydrogen-bond acceptors (Lipinski definition) is 3. The largest absolute Gasteiger partial charge is 0.459 e. The number of quaternary nitrogens is 1. The maximum atomic E-state index is 11.8. The lowest BCUT2D eigenvalue weighted by Gasteiger charge is -2.10. The molecule has 0 saturated heterocycles. The molecule has 2 rings (SSSR count). The highest BCUT2D eigenvalue weighted by molar-refractivity contribution is 5.80. The van der Waals surface area contributed by atoms with Crippen molar-refractivity contribution in [3.63, 3.8) is 0 Å². The smallest absolute Gasteiger partial charge is 0.275 e. The molecule has 0 aliphatic rings. The lowest BCUT2D eigenvalue weighted by Crippen LogP contribution is -2.88. The summed E-state index contributed by atoms with van der Waals surface area (Å²) in [6, 6.07) is 9.43. The average molecular weight is 290 g/mol. The highest BCUT2D eigenvalue weighted by Crippen LogP contribution is 2.23. The minimum Gasteiger partial charge on any atom is -0.459 e. The van der Waals surface area contributed by atoms with E-state index in [4.69, 9.17) is 4.42 Å².